The molecule has 0 bridgehead atoms. The van der Waals surface area contributed by atoms with Gasteiger partial charge >= 0.3 is 0 Å². The Labute approximate surface area is 146 Å². The first kappa shape index (κ1) is 17.0. The van der Waals surface area contributed by atoms with Gasteiger partial charge in [-0.1, -0.05) is 0 Å². The molecule has 0 unspecified atom stereocenters. The molecule has 1 aliphatic rings. The van der Waals surface area contributed by atoms with Gasteiger partial charge in [-0.3, -0.25) is 9.78 Å². The van der Waals surface area contributed by atoms with Crippen LogP contribution >= 0.6 is 0 Å². The lowest BCUT2D eigenvalue weighted by Crippen LogP contribution is -2.36. The van der Waals surface area contributed by atoms with Gasteiger partial charge in [0.2, 0.25) is 0 Å². The van der Waals surface area contributed by atoms with Crippen LogP contribution in [0.4, 0.5) is 11.4 Å². The predicted molar refractivity (Wildman–Crippen MR) is 94.8 cm³/mol. The Hall–Kier alpha value is -2.80. The smallest absolute Gasteiger partial charge is 0.274 e. The summed E-state index contributed by atoms with van der Waals surface area (Å²) in [4.78, 5) is 19.0. The van der Waals surface area contributed by atoms with Crippen LogP contribution in [0.3, 0.4) is 0 Å². The minimum absolute atomic E-state index is 0.304. The molecule has 1 saturated heterocycles. The molecule has 3 rings (SSSR count). The Morgan fingerprint density at radius 1 is 1.16 bits per heavy atom. The third kappa shape index (κ3) is 4.00. The molecule has 0 saturated carbocycles. The number of ether oxygens (including phenoxy) is 3. The van der Waals surface area contributed by atoms with Crippen LogP contribution in [0.25, 0.3) is 0 Å². The van der Waals surface area contributed by atoms with E-state index in [1.165, 1.54) is 0 Å². The van der Waals surface area contributed by atoms with E-state index in [9.17, 15) is 4.79 Å². The number of amides is 1. The number of hydrogen-bond donors (Lipinski definition) is 1. The molecule has 1 aliphatic heterocycles. The molecule has 0 aliphatic carbocycles. The number of aromatic nitrogens is 1. The van der Waals surface area contributed by atoms with Gasteiger partial charge in [0.05, 0.1) is 33.1 Å². The van der Waals surface area contributed by atoms with E-state index < -0.39 is 0 Å². The van der Waals surface area contributed by atoms with Crippen molar-refractivity contribution in [1.82, 2.24) is 4.98 Å². The highest BCUT2D eigenvalue weighted by atomic mass is 16.5. The number of carbonyl (C=O) groups excluding carboxylic acids is 1. The van der Waals surface area contributed by atoms with E-state index in [1.54, 1.807) is 44.7 Å². The van der Waals surface area contributed by atoms with Crippen molar-refractivity contribution in [2.75, 3.05) is 50.7 Å². The van der Waals surface area contributed by atoms with Crippen LogP contribution in [-0.2, 0) is 4.74 Å². The lowest BCUT2D eigenvalue weighted by Gasteiger charge is -2.28. The molecule has 1 amide bonds. The van der Waals surface area contributed by atoms with Crippen molar-refractivity contribution in [1.29, 1.82) is 0 Å². The SMILES string of the molecule is COc1ccc(OC)c(NC(=O)c2cc(N3CCOCC3)ccn2)c1. The van der Waals surface area contributed by atoms with Gasteiger partial charge < -0.3 is 24.4 Å². The summed E-state index contributed by atoms with van der Waals surface area (Å²) in [6.07, 6.45) is 1.64. The monoisotopic (exact) mass is 343 g/mol. The Morgan fingerprint density at radius 3 is 2.68 bits per heavy atom. The molecule has 25 heavy (non-hydrogen) atoms. The minimum Gasteiger partial charge on any atom is -0.497 e. The molecule has 7 nitrogen and oxygen atoms in total. The van der Waals surface area contributed by atoms with Crippen molar-refractivity contribution < 1.29 is 19.0 Å². The van der Waals surface area contributed by atoms with Crippen LogP contribution in [-0.4, -0.2) is 51.4 Å². The standard InChI is InChI=1S/C18H21N3O4/c1-23-14-3-4-17(24-2)15(12-14)20-18(22)16-11-13(5-6-19-16)21-7-9-25-10-8-21/h3-6,11-12H,7-10H2,1-2H3,(H,20,22). The maximum Gasteiger partial charge on any atom is 0.274 e. The molecule has 132 valence electrons. The van der Waals surface area contributed by atoms with Gasteiger partial charge in [0, 0.05) is 31.0 Å². The molecule has 0 radical (unpaired) electrons. The van der Waals surface area contributed by atoms with E-state index in [2.05, 4.69) is 15.2 Å². The van der Waals surface area contributed by atoms with Crippen molar-refractivity contribution in [2.45, 2.75) is 0 Å². The summed E-state index contributed by atoms with van der Waals surface area (Å²) in [6, 6.07) is 8.90. The number of nitrogens with zero attached hydrogens (tertiary/aromatic N) is 2. The number of hydrogen-bond acceptors (Lipinski definition) is 6. The maximum absolute atomic E-state index is 12.6. The summed E-state index contributed by atoms with van der Waals surface area (Å²) in [5.41, 5.74) is 1.83. The van der Waals surface area contributed by atoms with Crippen LogP contribution in [0.5, 0.6) is 11.5 Å². The second kappa shape index (κ2) is 7.85. The summed E-state index contributed by atoms with van der Waals surface area (Å²) in [5.74, 6) is 0.881. The van der Waals surface area contributed by atoms with Crippen molar-refractivity contribution in [3.8, 4) is 11.5 Å². The molecular formula is C18H21N3O4. The molecule has 0 atom stereocenters. The van der Waals surface area contributed by atoms with E-state index in [4.69, 9.17) is 14.2 Å². The summed E-state index contributed by atoms with van der Waals surface area (Å²) >= 11 is 0. The normalized spacial score (nSPS) is 14.1. The highest BCUT2D eigenvalue weighted by molar-refractivity contribution is 6.04. The lowest BCUT2D eigenvalue weighted by molar-refractivity contribution is 0.102. The average molecular weight is 343 g/mol. The van der Waals surface area contributed by atoms with Crippen LogP contribution < -0.4 is 19.7 Å². The first-order valence-electron chi connectivity index (χ1n) is 8.03. The molecule has 1 aromatic heterocycles. The van der Waals surface area contributed by atoms with Gasteiger partial charge in [-0.15, -0.1) is 0 Å². The quantitative estimate of drug-likeness (QED) is 0.897. The van der Waals surface area contributed by atoms with Gasteiger partial charge in [-0.2, -0.15) is 0 Å². The molecule has 2 heterocycles. The molecular weight excluding hydrogens is 322 g/mol. The predicted octanol–water partition coefficient (Wildman–Crippen LogP) is 2.19. The highest BCUT2D eigenvalue weighted by Crippen LogP contribution is 2.29. The highest BCUT2D eigenvalue weighted by Gasteiger charge is 2.16. The van der Waals surface area contributed by atoms with Crippen LogP contribution in [0.15, 0.2) is 36.5 Å². The third-order valence-corrected chi connectivity index (χ3v) is 4.01. The van der Waals surface area contributed by atoms with Crippen LogP contribution in [0.2, 0.25) is 0 Å². The fourth-order valence-corrected chi connectivity index (χ4v) is 2.66. The van der Waals surface area contributed by atoms with Gasteiger partial charge in [-0.25, -0.2) is 0 Å². The van der Waals surface area contributed by atoms with E-state index in [-0.39, 0.29) is 5.91 Å². The summed E-state index contributed by atoms with van der Waals surface area (Å²) in [5, 5.41) is 2.83. The van der Waals surface area contributed by atoms with Crippen molar-refractivity contribution in [3.05, 3.63) is 42.2 Å². The summed E-state index contributed by atoms with van der Waals surface area (Å²) < 4.78 is 15.8. The number of nitrogens with one attached hydrogen (secondary N) is 1. The number of methoxy groups -OCH3 is 2. The minimum atomic E-state index is -0.304. The van der Waals surface area contributed by atoms with Crippen molar-refractivity contribution in [3.63, 3.8) is 0 Å². The number of carbonyl (C=O) groups is 1. The maximum atomic E-state index is 12.6. The number of pyridine rings is 1. The van der Waals surface area contributed by atoms with Crippen molar-refractivity contribution >= 4 is 17.3 Å². The second-order valence-electron chi connectivity index (χ2n) is 5.52. The molecule has 1 N–H and O–H groups in total. The van der Waals surface area contributed by atoms with Gasteiger partial charge in [0.25, 0.3) is 5.91 Å². The Balaban J connectivity index is 1.79. The van der Waals surface area contributed by atoms with E-state index >= 15 is 0 Å². The summed E-state index contributed by atoms with van der Waals surface area (Å²) in [7, 11) is 3.12. The number of benzene rings is 1. The topological polar surface area (TPSA) is 72.9 Å². The molecule has 1 fully saturated rings. The fraction of sp³-hybridized carbons (Fsp3) is 0.333. The molecule has 0 spiro atoms. The van der Waals surface area contributed by atoms with Crippen LogP contribution in [0.1, 0.15) is 10.5 Å². The Morgan fingerprint density at radius 2 is 1.96 bits per heavy atom. The zero-order valence-electron chi connectivity index (χ0n) is 14.3. The Bertz CT molecular complexity index is 745. The Kier molecular flexibility index (Phi) is 5.35. The molecule has 1 aromatic carbocycles. The fourth-order valence-electron chi connectivity index (χ4n) is 2.66. The summed E-state index contributed by atoms with van der Waals surface area (Å²) in [6.45, 7) is 2.97. The van der Waals surface area contributed by atoms with Gasteiger partial charge in [0.1, 0.15) is 17.2 Å². The average Bonchev–Trinajstić information content (AvgIpc) is 2.68. The molecule has 2 aromatic rings. The lowest BCUT2D eigenvalue weighted by atomic mass is 10.2. The van der Waals surface area contributed by atoms with Crippen LogP contribution in [0, 0.1) is 0 Å². The largest absolute Gasteiger partial charge is 0.497 e. The first-order valence-corrected chi connectivity index (χ1v) is 8.03. The van der Waals surface area contributed by atoms with Gasteiger partial charge in [-0.05, 0) is 24.3 Å². The third-order valence-electron chi connectivity index (χ3n) is 4.01. The zero-order chi connectivity index (χ0) is 17.6. The van der Waals surface area contributed by atoms with E-state index in [0.29, 0.717) is 36.1 Å². The first-order chi connectivity index (χ1) is 12.2. The van der Waals surface area contributed by atoms with E-state index in [1.807, 2.05) is 6.07 Å². The number of morpholine rings is 1. The van der Waals surface area contributed by atoms with E-state index in [0.717, 1.165) is 18.8 Å². The zero-order valence-corrected chi connectivity index (χ0v) is 14.3. The van der Waals surface area contributed by atoms with Crippen molar-refractivity contribution in [2.24, 2.45) is 0 Å². The number of anilines is 2. The van der Waals surface area contributed by atoms with Gasteiger partial charge in [0.15, 0.2) is 0 Å². The second-order valence-corrected chi connectivity index (χ2v) is 5.52. The molecule has 7 heteroatoms. The number of rotatable bonds is 5.